The highest BCUT2D eigenvalue weighted by Crippen LogP contribution is 2.41. The van der Waals surface area contributed by atoms with Crippen molar-refractivity contribution in [1.82, 2.24) is 0 Å². The van der Waals surface area contributed by atoms with Crippen LogP contribution in [0.3, 0.4) is 0 Å². The summed E-state index contributed by atoms with van der Waals surface area (Å²) >= 11 is 12.6. The number of methoxy groups -OCH3 is 1. The summed E-state index contributed by atoms with van der Waals surface area (Å²) in [6.07, 6.45) is 4.23. The molecule has 0 amide bonds. The fourth-order valence-electron chi connectivity index (χ4n) is 2.72. The highest BCUT2D eigenvalue weighted by molar-refractivity contribution is 6.42. The van der Waals surface area contributed by atoms with Gasteiger partial charge >= 0.3 is 0 Å². The Labute approximate surface area is 124 Å². The van der Waals surface area contributed by atoms with Crippen molar-refractivity contribution < 1.29 is 9.53 Å². The van der Waals surface area contributed by atoms with Crippen LogP contribution in [0.15, 0.2) is 24.3 Å². The molecule has 1 atom stereocenters. The van der Waals surface area contributed by atoms with Gasteiger partial charge in [0.2, 0.25) is 0 Å². The summed E-state index contributed by atoms with van der Waals surface area (Å²) in [7, 11) is 1.60. The number of hydrogen-bond acceptors (Lipinski definition) is 2. The Hall–Kier alpha value is -0.730. The lowest BCUT2D eigenvalue weighted by molar-refractivity contribution is 0.0914. The van der Waals surface area contributed by atoms with Crippen LogP contribution in [0.4, 0.5) is 0 Å². The lowest BCUT2D eigenvalue weighted by Gasteiger charge is -2.29. The van der Waals surface area contributed by atoms with Crippen molar-refractivity contribution >= 4 is 29.0 Å². The first-order chi connectivity index (χ1) is 9.11. The molecule has 104 valence electrons. The Morgan fingerprint density at radius 1 is 1.32 bits per heavy atom. The van der Waals surface area contributed by atoms with E-state index < -0.39 is 4.87 Å². The van der Waals surface area contributed by atoms with Crippen molar-refractivity contribution in [3.63, 3.8) is 0 Å². The van der Waals surface area contributed by atoms with Crippen LogP contribution in [-0.2, 0) is 0 Å². The highest BCUT2D eigenvalue weighted by atomic mass is 35.5. The summed E-state index contributed by atoms with van der Waals surface area (Å²) in [5, 5.41) is 0. The third-order valence-corrected chi connectivity index (χ3v) is 5.10. The summed E-state index contributed by atoms with van der Waals surface area (Å²) in [4.78, 5) is 11.7. The Bertz CT molecular complexity index is 438. The molecule has 1 saturated carbocycles. The van der Waals surface area contributed by atoms with Crippen LogP contribution in [0.5, 0.6) is 5.75 Å². The van der Waals surface area contributed by atoms with E-state index in [0.717, 1.165) is 31.4 Å². The maximum Gasteiger partial charge on any atom is 0.185 e. The third-order valence-electron chi connectivity index (χ3n) is 3.93. The number of ether oxygens (including phenoxy) is 1. The molecule has 0 spiro atoms. The van der Waals surface area contributed by atoms with Gasteiger partial charge in [0.05, 0.1) is 7.11 Å². The fourth-order valence-corrected chi connectivity index (χ4v) is 3.39. The van der Waals surface area contributed by atoms with E-state index in [1.165, 1.54) is 0 Å². The standard InChI is InChI=1S/C15H18Cl2O2/c1-19-13-8-6-11(7-9-13)14(18)15(17,10-16)12-4-2-3-5-12/h6-9,12H,2-5,10H2,1H3. The molecule has 0 bridgehead atoms. The number of benzene rings is 1. The number of Topliss-reactive ketones (excluding diaryl/α,β-unsaturated/α-hetero) is 1. The second kappa shape index (κ2) is 6.15. The summed E-state index contributed by atoms with van der Waals surface area (Å²) in [5.41, 5.74) is 0.600. The van der Waals surface area contributed by atoms with Gasteiger partial charge in [-0.25, -0.2) is 0 Å². The normalized spacial score (nSPS) is 19.1. The van der Waals surface area contributed by atoms with Crippen molar-refractivity contribution in [2.45, 2.75) is 30.6 Å². The maximum atomic E-state index is 12.6. The van der Waals surface area contributed by atoms with Crippen LogP contribution >= 0.6 is 23.2 Å². The monoisotopic (exact) mass is 300 g/mol. The number of halogens is 2. The van der Waals surface area contributed by atoms with Crippen LogP contribution in [0, 0.1) is 5.92 Å². The summed E-state index contributed by atoms with van der Waals surface area (Å²) in [6.45, 7) is 0. The Morgan fingerprint density at radius 3 is 2.37 bits per heavy atom. The van der Waals surface area contributed by atoms with E-state index in [2.05, 4.69) is 0 Å². The van der Waals surface area contributed by atoms with Gasteiger partial charge in [0.1, 0.15) is 10.6 Å². The molecule has 4 heteroatoms. The van der Waals surface area contributed by atoms with E-state index in [9.17, 15) is 4.79 Å². The molecule has 1 fully saturated rings. The van der Waals surface area contributed by atoms with E-state index in [1.54, 1.807) is 31.4 Å². The van der Waals surface area contributed by atoms with Gasteiger partial charge in [-0.15, -0.1) is 23.2 Å². The Morgan fingerprint density at radius 2 is 1.89 bits per heavy atom. The van der Waals surface area contributed by atoms with Crippen molar-refractivity contribution in [2.75, 3.05) is 13.0 Å². The summed E-state index contributed by atoms with van der Waals surface area (Å²) in [6, 6.07) is 7.04. The minimum Gasteiger partial charge on any atom is -0.497 e. The topological polar surface area (TPSA) is 26.3 Å². The second-order valence-electron chi connectivity index (χ2n) is 5.04. The molecule has 0 saturated heterocycles. The van der Waals surface area contributed by atoms with Crippen LogP contribution in [-0.4, -0.2) is 23.6 Å². The van der Waals surface area contributed by atoms with Crippen LogP contribution in [0.2, 0.25) is 0 Å². The van der Waals surface area contributed by atoms with Gasteiger partial charge in [0.25, 0.3) is 0 Å². The van der Waals surface area contributed by atoms with Gasteiger partial charge in [-0.2, -0.15) is 0 Å². The van der Waals surface area contributed by atoms with Gasteiger partial charge in [-0.1, -0.05) is 12.8 Å². The maximum absolute atomic E-state index is 12.6. The van der Waals surface area contributed by atoms with E-state index in [4.69, 9.17) is 27.9 Å². The molecule has 0 aromatic heterocycles. The van der Waals surface area contributed by atoms with Gasteiger partial charge in [-0.3, -0.25) is 4.79 Å². The fraction of sp³-hybridized carbons (Fsp3) is 0.533. The van der Waals surface area contributed by atoms with Crippen molar-refractivity contribution in [3.05, 3.63) is 29.8 Å². The zero-order valence-electron chi connectivity index (χ0n) is 11.0. The number of carbonyl (C=O) groups excluding carboxylic acids is 1. The molecule has 0 heterocycles. The molecule has 1 aromatic rings. The quantitative estimate of drug-likeness (QED) is 0.599. The van der Waals surface area contributed by atoms with Crippen molar-refractivity contribution in [3.8, 4) is 5.75 Å². The summed E-state index contributed by atoms with van der Waals surface area (Å²) < 4.78 is 5.09. The molecular weight excluding hydrogens is 283 g/mol. The van der Waals surface area contributed by atoms with Gasteiger partial charge < -0.3 is 4.74 Å². The predicted molar refractivity (Wildman–Crippen MR) is 78.6 cm³/mol. The number of rotatable bonds is 5. The van der Waals surface area contributed by atoms with Crippen LogP contribution < -0.4 is 4.74 Å². The third kappa shape index (κ3) is 2.90. The van der Waals surface area contributed by atoms with E-state index >= 15 is 0 Å². The summed E-state index contributed by atoms with van der Waals surface area (Å²) in [5.74, 6) is 0.993. The zero-order chi connectivity index (χ0) is 13.9. The van der Waals surface area contributed by atoms with Crippen LogP contribution in [0.25, 0.3) is 0 Å². The molecule has 0 radical (unpaired) electrons. The first kappa shape index (κ1) is 14.7. The molecule has 19 heavy (non-hydrogen) atoms. The number of carbonyl (C=O) groups is 1. The number of hydrogen-bond donors (Lipinski definition) is 0. The van der Waals surface area contributed by atoms with E-state index in [-0.39, 0.29) is 17.6 Å². The van der Waals surface area contributed by atoms with Crippen molar-refractivity contribution in [1.29, 1.82) is 0 Å². The SMILES string of the molecule is COc1ccc(C(=O)C(Cl)(CCl)C2CCCC2)cc1. The lowest BCUT2D eigenvalue weighted by Crippen LogP contribution is -2.41. The second-order valence-corrected chi connectivity index (χ2v) is 5.98. The molecular formula is C15H18Cl2O2. The first-order valence-corrected chi connectivity index (χ1v) is 7.47. The average molecular weight is 301 g/mol. The number of alkyl halides is 2. The first-order valence-electron chi connectivity index (χ1n) is 6.55. The molecule has 1 unspecified atom stereocenters. The predicted octanol–water partition coefficient (Wildman–Crippen LogP) is 4.28. The molecule has 2 nitrogen and oxygen atoms in total. The van der Waals surface area contributed by atoms with E-state index in [0.29, 0.717) is 5.56 Å². The van der Waals surface area contributed by atoms with Gasteiger partial charge in [0, 0.05) is 11.4 Å². The molecule has 0 aliphatic heterocycles. The largest absolute Gasteiger partial charge is 0.497 e. The lowest BCUT2D eigenvalue weighted by atomic mass is 9.85. The minimum atomic E-state index is -0.966. The molecule has 1 aromatic carbocycles. The van der Waals surface area contributed by atoms with E-state index in [1.807, 2.05) is 0 Å². The minimum absolute atomic E-state index is 0.0706. The molecule has 2 rings (SSSR count). The molecule has 1 aliphatic carbocycles. The van der Waals surface area contributed by atoms with Crippen LogP contribution in [0.1, 0.15) is 36.0 Å². The number of ketones is 1. The highest BCUT2D eigenvalue weighted by Gasteiger charge is 2.44. The Balaban J connectivity index is 2.23. The Kier molecular flexibility index (Phi) is 4.75. The average Bonchev–Trinajstić information content (AvgIpc) is 3.00. The zero-order valence-corrected chi connectivity index (χ0v) is 12.5. The molecule has 1 aliphatic rings. The van der Waals surface area contributed by atoms with Gasteiger partial charge in [-0.05, 0) is 43.0 Å². The molecule has 0 N–H and O–H groups in total. The van der Waals surface area contributed by atoms with Gasteiger partial charge in [0.15, 0.2) is 5.78 Å². The van der Waals surface area contributed by atoms with Crippen molar-refractivity contribution in [2.24, 2.45) is 5.92 Å². The smallest absolute Gasteiger partial charge is 0.185 e.